The largest absolute Gasteiger partial charge is 0.416 e. The Hall–Kier alpha value is -1.93. The van der Waals surface area contributed by atoms with Crippen molar-refractivity contribution in [2.24, 2.45) is 11.3 Å². The van der Waals surface area contributed by atoms with E-state index < -0.39 is 11.7 Å². The van der Waals surface area contributed by atoms with E-state index in [1.54, 1.807) is 6.20 Å². The summed E-state index contributed by atoms with van der Waals surface area (Å²) >= 11 is 1.37. The molecule has 2 heterocycles. The van der Waals surface area contributed by atoms with E-state index in [-0.39, 0.29) is 17.2 Å². The molecule has 144 valence electrons. The first-order valence-corrected chi connectivity index (χ1v) is 9.80. The smallest absolute Gasteiger partial charge is 0.317 e. The predicted octanol–water partition coefficient (Wildman–Crippen LogP) is 4.08. The molecule has 1 saturated heterocycles. The van der Waals surface area contributed by atoms with Crippen molar-refractivity contribution in [3.8, 4) is 0 Å². The maximum absolute atomic E-state index is 12.6. The van der Waals surface area contributed by atoms with Gasteiger partial charge in [-0.15, -0.1) is 11.3 Å². The first kappa shape index (κ1) is 18.4. The van der Waals surface area contributed by atoms with E-state index in [1.165, 1.54) is 23.5 Å². The molecule has 1 spiro atoms. The van der Waals surface area contributed by atoms with Gasteiger partial charge < -0.3 is 10.6 Å². The fourth-order valence-electron chi connectivity index (χ4n) is 3.85. The Morgan fingerprint density at radius 1 is 1.26 bits per heavy atom. The van der Waals surface area contributed by atoms with Crippen LogP contribution in [0.2, 0.25) is 0 Å². The molecule has 4 nitrogen and oxygen atoms in total. The van der Waals surface area contributed by atoms with Crippen LogP contribution in [0.4, 0.5) is 18.3 Å². The van der Waals surface area contributed by atoms with Gasteiger partial charge in [0.15, 0.2) is 5.13 Å². The van der Waals surface area contributed by atoms with E-state index in [2.05, 4.69) is 15.6 Å². The van der Waals surface area contributed by atoms with E-state index >= 15 is 0 Å². The second-order valence-electron chi connectivity index (χ2n) is 7.36. The van der Waals surface area contributed by atoms with Crippen LogP contribution in [-0.2, 0) is 17.4 Å². The molecule has 1 aromatic heterocycles. The van der Waals surface area contributed by atoms with E-state index in [1.807, 2.05) is 0 Å². The molecule has 2 aromatic rings. The van der Waals surface area contributed by atoms with E-state index in [9.17, 15) is 18.0 Å². The number of nitrogens with zero attached hydrogens (tertiary/aromatic N) is 1. The highest BCUT2D eigenvalue weighted by atomic mass is 32.1. The quantitative estimate of drug-likeness (QED) is 0.820. The fraction of sp³-hybridized carbons (Fsp3) is 0.474. The summed E-state index contributed by atoms with van der Waals surface area (Å²) in [7, 11) is 0. The average Bonchev–Trinajstić information content (AvgIpc) is 3.14. The SMILES string of the molecule is O=C(Nc1ncc(Cc2ccc(C(F)(F)F)cc2)s1)C1CC12CCNCC2. The van der Waals surface area contributed by atoms with E-state index in [4.69, 9.17) is 0 Å². The third-order valence-corrected chi connectivity index (χ3v) is 6.46. The Labute approximate surface area is 159 Å². The predicted molar refractivity (Wildman–Crippen MR) is 97.6 cm³/mol. The molecule has 1 aliphatic carbocycles. The normalized spacial score (nSPS) is 21.2. The zero-order valence-corrected chi connectivity index (χ0v) is 15.4. The number of rotatable bonds is 4. The highest BCUT2D eigenvalue weighted by Gasteiger charge is 2.57. The number of anilines is 1. The van der Waals surface area contributed by atoms with Gasteiger partial charge >= 0.3 is 6.18 Å². The van der Waals surface area contributed by atoms with Crippen molar-refractivity contribution in [3.63, 3.8) is 0 Å². The number of alkyl halides is 3. The molecule has 2 aliphatic rings. The van der Waals surface area contributed by atoms with E-state index in [0.29, 0.717) is 11.6 Å². The van der Waals surface area contributed by atoms with Crippen molar-refractivity contribution in [2.75, 3.05) is 18.4 Å². The highest BCUT2D eigenvalue weighted by Crippen LogP contribution is 2.58. The Bertz CT molecular complexity index is 825. The molecule has 1 atom stereocenters. The summed E-state index contributed by atoms with van der Waals surface area (Å²) in [4.78, 5) is 17.6. The van der Waals surface area contributed by atoms with Crippen LogP contribution in [0.3, 0.4) is 0 Å². The molecule has 2 fully saturated rings. The third kappa shape index (κ3) is 4.01. The van der Waals surface area contributed by atoms with Crippen LogP contribution in [0.15, 0.2) is 30.5 Å². The number of piperidine rings is 1. The van der Waals surface area contributed by atoms with E-state index in [0.717, 1.165) is 54.9 Å². The van der Waals surface area contributed by atoms with Crippen LogP contribution in [0.25, 0.3) is 0 Å². The molecule has 2 N–H and O–H groups in total. The molecule has 27 heavy (non-hydrogen) atoms. The lowest BCUT2D eigenvalue weighted by Crippen LogP contribution is -2.31. The minimum absolute atomic E-state index is 0.0346. The molecule has 0 bridgehead atoms. The van der Waals surface area contributed by atoms with Crippen molar-refractivity contribution in [2.45, 2.75) is 31.9 Å². The van der Waals surface area contributed by atoms with Crippen LogP contribution in [0, 0.1) is 11.3 Å². The minimum Gasteiger partial charge on any atom is -0.317 e. The number of amides is 1. The molecule has 1 aromatic carbocycles. The summed E-state index contributed by atoms with van der Waals surface area (Å²) in [6.07, 6.45) is 0.874. The Balaban J connectivity index is 1.34. The minimum atomic E-state index is -4.32. The number of thiazole rings is 1. The van der Waals surface area contributed by atoms with Gasteiger partial charge in [0.25, 0.3) is 0 Å². The summed E-state index contributed by atoms with van der Waals surface area (Å²) in [5, 5.41) is 6.79. The standard InChI is InChI=1S/C19H20F3N3OS/c20-19(21,22)13-3-1-12(2-4-13)9-14-11-24-17(27-14)25-16(26)15-10-18(15)5-7-23-8-6-18/h1-4,11,15,23H,5-10H2,(H,24,25,26). The number of aromatic nitrogens is 1. The number of hydrogen-bond acceptors (Lipinski definition) is 4. The van der Waals surface area contributed by atoms with Gasteiger partial charge in [0.2, 0.25) is 5.91 Å². The Morgan fingerprint density at radius 2 is 1.96 bits per heavy atom. The first-order chi connectivity index (χ1) is 12.9. The second kappa shape index (κ2) is 6.91. The molecule has 1 unspecified atom stereocenters. The van der Waals surface area contributed by atoms with Gasteiger partial charge in [-0.1, -0.05) is 12.1 Å². The van der Waals surface area contributed by atoms with Crippen molar-refractivity contribution in [3.05, 3.63) is 46.5 Å². The summed E-state index contributed by atoms with van der Waals surface area (Å²) < 4.78 is 37.9. The molecule has 1 aliphatic heterocycles. The van der Waals surface area contributed by atoms with Crippen molar-refractivity contribution in [1.29, 1.82) is 0 Å². The number of carbonyl (C=O) groups is 1. The van der Waals surface area contributed by atoms with Gasteiger partial charge in [0, 0.05) is 23.4 Å². The molecule has 0 radical (unpaired) electrons. The zero-order chi connectivity index (χ0) is 19.1. The summed E-state index contributed by atoms with van der Waals surface area (Å²) in [5.41, 5.74) is 0.301. The number of nitrogens with one attached hydrogen (secondary N) is 2. The Morgan fingerprint density at radius 3 is 2.63 bits per heavy atom. The molecule has 8 heteroatoms. The maximum atomic E-state index is 12.6. The number of halogens is 3. The second-order valence-corrected chi connectivity index (χ2v) is 8.48. The van der Waals surface area contributed by atoms with Crippen LogP contribution >= 0.6 is 11.3 Å². The molecule has 1 amide bonds. The molecular formula is C19H20F3N3OS. The van der Waals surface area contributed by atoms with Crippen molar-refractivity contribution < 1.29 is 18.0 Å². The number of hydrogen-bond donors (Lipinski definition) is 2. The summed E-state index contributed by atoms with van der Waals surface area (Å²) in [6, 6.07) is 5.13. The Kier molecular flexibility index (Phi) is 4.71. The maximum Gasteiger partial charge on any atom is 0.416 e. The summed E-state index contributed by atoms with van der Waals surface area (Å²) in [6.45, 7) is 1.94. The lowest BCUT2D eigenvalue weighted by atomic mass is 9.92. The van der Waals surface area contributed by atoms with Crippen molar-refractivity contribution in [1.82, 2.24) is 10.3 Å². The number of carbonyl (C=O) groups excluding carboxylic acids is 1. The molecular weight excluding hydrogens is 375 g/mol. The van der Waals surface area contributed by atoms with Crippen LogP contribution in [0.1, 0.15) is 35.3 Å². The summed E-state index contributed by atoms with van der Waals surface area (Å²) in [5.74, 6) is 0.106. The first-order valence-electron chi connectivity index (χ1n) is 8.98. The van der Waals surface area contributed by atoms with Crippen LogP contribution < -0.4 is 10.6 Å². The lowest BCUT2D eigenvalue weighted by molar-refractivity contribution is -0.137. The van der Waals surface area contributed by atoms with Gasteiger partial charge in [-0.2, -0.15) is 13.2 Å². The zero-order valence-electron chi connectivity index (χ0n) is 14.6. The monoisotopic (exact) mass is 395 g/mol. The molecule has 1 saturated carbocycles. The van der Waals surface area contributed by atoms with Gasteiger partial charge in [-0.05, 0) is 55.5 Å². The van der Waals surface area contributed by atoms with Gasteiger partial charge in [-0.3, -0.25) is 4.79 Å². The van der Waals surface area contributed by atoms with Crippen LogP contribution in [0.5, 0.6) is 0 Å². The lowest BCUT2D eigenvalue weighted by Gasteiger charge is -2.22. The third-order valence-electron chi connectivity index (χ3n) is 5.55. The topological polar surface area (TPSA) is 54.0 Å². The van der Waals surface area contributed by atoms with Gasteiger partial charge in [0.05, 0.1) is 5.56 Å². The molecule has 4 rings (SSSR count). The highest BCUT2D eigenvalue weighted by molar-refractivity contribution is 7.15. The van der Waals surface area contributed by atoms with Gasteiger partial charge in [0.1, 0.15) is 0 Å². The number of benzene rings is 1. The van der Waals surface area contributed by atoms with Crippen molar-refractivity contribution >= 4 is 22.4 Å². The van der Waals surface area contributed by atoms with Gasteiger partial charge in [-0.25, -0.2) is 4.98 Å². The van der Waals surface area contributed by atoms with Crippen LogP contribution in [-0.4, -0.2) is 24.0 Å². The average molecular weight is 395 g/mol. The fourth-order valence-corrected chi connectivity index (χ4v) is 4.70.